The number of nitriles is 1. The van der Waals surface area contributed by atoms with Crippen molar-refractivity contribution >= 4 is 56.7 Å². The molecule has 11 heteroatoms. The molecule has 0 saturated carbocycles. The largest absolute Gasteiger partial charge is 0.494 e. The summed E-state index contributed by atoms with van der Waals surface area (Å²) in [4.78, 5) is 34.1. The summed E-state index contributed by atoms with van der Waals surface area (Å²) in [5, 5.41) is 14.4. The van der Waals surface area contributed by atoms with Crippen LogP contribution in [-0.4, -0.2) is 72.3 Å². The van der Waals surface area contributed by atoms with Gasteiger partial charge in [-0.15, -0.1) is 0 Å². The number of halogens is 1. The average molecular weight is 718 g/mol. The molecule has 3 amide bonds. The minimum atomic E-state index is -0.344. The van der Waals surface area contributed by atoms with Crippen LogP contribution in [0.25, 0.3) is 21.8 Å². The second kappa shape index (κ2) is 14.9. The summed E-state index contributed by atoms with van der Waals surface area (Å²) in [6.07, 6.45) is 10.7. The van der Waals surface area contributed by atoms with E-state index in [1.807, 2.05) is 18.2 Å². The lowest BCUT2D eigenvalue weighted by atomic mass is 9.89. The molecule has 3 fully saturated rings. The van der Waals surface area contributed by atoms with Crippen LogP contribution in [0.15, 0.2) is 73.1 Å². The molecule has 8 rings (SSSR count). The molecule has 0 spiro atoms. The van der Waals surface area contributed by atoms with Gasteiger partial charge in [0.25, 0.3) is 0 Å². The molecular formula is C41H44ClN7O3. The van der Waals surface area contributed by atoms with Crippen LogP contribution in [0.2, 0.25) is 5.02 Å². The SMILES string of the molecule is N#Cc1c[nH]c2c(N3CCC(c4ccc(OCCCCN5CCC(n6ccc7c(N8CCC(=O)NC8=O)cccc76)CC5)cc4)CC3)ccc(Cl)c12. The van der Waals surface area contributed by atoms with E-state index >= 15 is 0 Å². The van der Waals surface area contributed by atoms with Crippen LogP contribution < -0.4 is 19.9 Å². The van der Waals surface area contributed by atoms with Crippen LogP contribution in [-0.2, 0) is 4.79 Å². The highest BCUT2D eigenvalue weighted by molar-refractivity contribution is 6.36. The molecule has 0 aliphatic carbocycles. The van der Waals surface area contributed by atoms with E-state index in [4.69, 9.17) is 16.3 Å². The first-order valence-electron chi connectivity index (χ1n) is 18.6. The molecule has 3 saturated heterocycles. The van der Waals surface area contributed by atoms with Crippen molar-refractivity contribution in [2.45, 2.75) is 56.9 Å². The Labute approximate surface area is 308 Å². The number of fused-ring (bicyclic) bond motifs is 2. The van der Waals surface area contributed by atoms with Gasteiger partial charge in [0, 0.05) is 68.4 Å². The van der Waals surface area contributed by atoms with Gasteiger partial charge in [0.05, 0.1) is 39.6 Å². The standard InChI is InChI=1S/C41H44ClN7O3/c42-34-10-11-37(40-39(34)30(26-43)27-44-40)47-21-12-29(13-22-47)28-6-8-32(9-7-28)52-25-2-1-18-46-19-14-31(15-20-46)48-23-16-33-35(48)4-3-5-36(33)49-24-17-38(50)45-41(49)51/h3-11,16,23,27,29,31,44H,1-2,12-15,17-22,24-25H2,(H,45,50,51). The summed E-state index contributed by atoms with van der Waals surface area (Å²) in [5.41, 5.74) is 6.01. The van der Waals surface area contributed by atoms with Gasteiger partial charge in [-0.1, -0.05) is 29.8 Å². The van der Waals surface area contributed by atoms with E-state index in [2.05, 4.69) is 79.4 Å². The van der Waals surface area contributed by atoms with Crippen molar-refractivity contribution < 1.29 is 14.3 Å². The molecule has 0 radical (unpaired) electrons. The summed E-state index contributed by atoms with van der Waals surface area (Å²) in [6.45, 7) is 6.25. The maximum absolute atomic E-state index is 12.5. The van der Waals surface area contributed by atoms with Gasteiger partial charge in [-0.25, -0.2) is 4.79 Å². The highest BCUT2D eigenvalue weighted by Crippen LogP contribution is 2.38. The first-order chi connectivity index (χ1) is 25.5. The smallest absolute Gasteiger partial charge is 0.328 e. The average Bonchev–Trinajstić information content (AvgIpc) is 3.82. The Morgan fingerprint density at radius 2 is 1.69 bits per heavy atom. The van der Waals surface area contributed by atoms with Crippen molar-refractivity contribution in [1.82, 2.24) is 19.8 Å². The molecular weight excluding hydrogens is 674 g/mol. The lowest BCUT2D eigenvalue weighted by Gasteiger charge is -2.34. The summed E-state index contributed by atoms with van der Waals surface area (Å²) in [7, 11) is 0. The minimum Gasteiger partial charge on any atom is -0.494 e. The predicted molar refractivity (Wildman–Crippen MR) is 206 cm³/mol. The lowest BCUT2D eigenvalue weighted by molar-refractivity contribution is -0.120. The Morgan fingerprint density at radius 1 is 0.885 bits per heavy atom. The Bertz CT molecular complexity index is 2120. The number of amides is 3. The van der Waals surface area contributed by atoms with E-state index in [1.165, 1.54) is 5.56 Å². The second-order valence-corrected chi connectivity index (χ2v) is 14.7. The number of carbonyl (C=O) groups is 2. The number of aromatic amines is 1. The van der Waals surface area contributed by atoms with E-state index < -0.39 is 0 Å². The number of unbranched alkanes of at least 4 members (excludes halogenated alkanes) is 1. The number of hydrogen-bond donors (Lipinski definition) is 2. The van der Waals surface area contributed by atoms with Crippen molar-refractivity contribution in [3.05, 3.63) is 89.2 Å². The number of carbonyl (C=O) groups excluding carboxylic acids is 2. The third-order valence-corrected chi connectivity index (χ3v) is 11.6. The number of aromatic nitrogens is 2. The first kappa shape index (κ1) is 34.1. The van der Waals surface area contributed by atoms with Crippen LogP contribution >= 0.6 is 11.6 Å². The van der Waals surface area contributed by atoms with Crippen molar-refractivity contribution in [2.24, 2.45) is 0 Å². The van der Waals surface area contributed by atoms with Crippen LogP contribution in [0.4, 0.5) is 16.2 Å². The molecule has 2 N–H and O–H groups in total. The molecule has 0 atom stereocenters. The number of nitrogens with one attached hydrogen (secondary N) is 2. The molecule has 3 aliphatic heterocycles. The van der Waals surface area contributed by atoms with Gasteiger partial charge in [-0.3, -0.25) is 15.0 Å². The van der Waals surface area contributed by atoms with Crippen LogP contribution in [0.1, 0.15) is 68.0 Å². The van der Waals surface area contributed by atoms with Crippen molar-refractivity contribution in [2.75, 3.05) is 55.7 Å². The quantitative estimate of drug-likeness (QED) is 0.142. The normalized spacial score (nSPS) is 17.9. The molecule has 5 heterocycles. The summed E-state index contributed by atoms with van der Waals surface area (Å²) >= 11 is 6.43. The van der Waals surface area contributed by atoms with Gasteiger partial charge in [-0.2, -0.15) is 5.26 Å². The fraction of sp³-hybridized carbons (Fsp3) is 0.390. The highest BCUT2D eigenvalue weighted by Gasteiger charge is 2.28. The number of ether oxygens (including phenoxy) is 1. The van der Waals surface area contributed by atoms with Gasteiger partial charge in [0.1, 0.15) is 11.8 Å². The molecule has 0 unspecified atom stereocenters. The maximum Gasteiger partial charge on any atom is 0.328 e. The van der Waals surface area contributed by atoms with Crippen LogP contribution in [0, 0.1) is 11.3 Å². The lowest BCUT2D eigenvalue weighted by Crippen LogP contribution is -2.49. The number of anilines is 2. The van der Waals surface area contributed by atoms with E-state index in [0.29, 0.717) is 35.5 Å². The Hall–Kier alpha value is -4.98. The highest BCUT2D eigenvalue weighted by atomic mass is 35.5. The van der Waals surface area contributed by atoms with E-state index in [-0.39, 0.29) is 11.9 Å². The van der Waals surface area contributed by atoms with Gasteiger partial charge >= 0.3 is 6.03 Å². The Balaban J connectivity index is 0.759. The Morgan fingerprint density at radius 3 is 2.46 bits per heavy atom. The van der Waals surface area contributed by atoms with E-state index in [9.17, 15) is 14.9 Å². The van der Waals surface area contributed by atoms with Crippen molar-refractivity contribution in [3.63, 3.8) is 0 Å². The van der Waals surface area contributed by atoms with Crippen molar-refractivity contribution in [3.8, 4) is 11.8 Å². The fourth-order valence-corrected chi connectivity index (χ4v) is 8.66. The van der Waals surface area contributed by atoms with Crippen LogP contribution in [0.3, 0.4) is 0 Å². The number of piperidine rings is 2. The number of rotatable bonds is 10. The third kappa shape index (κ3) is 6.83. The molecule has 3 aliphatic rings. The summed E-state index contributed by atoms with van der Waals surface area (Å²) < 4.78 is 8.51. The molecule has 5 aromatic rings. The van der Waals surface area contributed by atoms with Gasteiger partial charge in [-0.05, 0) is 99.0 Å². The summed E-state index contributed by atoms with van der Waals surface area (Å²) in [5.74, 6) is 1.23. The van der Waals surface area contributed by atoms with E-state index in [0.717, 1.165) is 117 Å². The molecule has 0 bridgehead atoms. The molecule has 10 nitrogen and oxygen atoms in total. The molecule has 3 aromatic carbocycles. The monoisotopic (exact) mass is 717 g/mol. The van der Waals surface area contributed by atoms with Gasteiger partial charge < -0.3 is 24.1 Å². The van der Waals surface area contributed by atoms with Gasteiger partial charge in [0.15, 0.2) is 0 Å². The summed E-state index contributed by atoms with van der Waals surface area (Å²) in [6, 6.07) is 23.2. The Kier molecular flexibility index (Phi) is 9.80. The zero-order chi connectivity index (χ0) is 35.6. The maximum atomic E-state index is 12.5. The number of likely N-dealkylation sites (tertiary alicyclic amines) is 1. The third-order valence-electron chi connectivity index (χ3n) is 11.2. The van der Waals surface area contributed by atoms with Crippen molar-refractivity contribution in [1.29, 1.82) is 5.26 Å². The minimum absolute atomic E-state index is 0.215. The number of hydrogen-bond acceptors (Lipinski definition) is 6. The fourth-order valence-electron chi connectivity index (χ4n) is 8.40. The number of imide groups is 1. The number of nitrogens with zero attached hydrogens (tertiary/aromatic N) is 5. The van der Waals surface area contributed by atoms with E-state index in [1.54, 1.807) is 11.1 Å². The second-order valence-electron chi connectivity index (χ2n) is 14.3. The topological polar surface area (TPSA) is 110 Å². The zero-order valence-electron chi connectivity index (χ0n) is 29.3. The number of benzene rings is 3. The molecule has 2 aromatic heterocycles. The van der Waals surface area contributed by atoms with Gasteiger partial charge in [0.2, 0.25) is 5.91 Å². The zero-order valence-corrected chi connectivity index (χ0v) is 30.1. The molecule has 268 valence electrons. The number of urea groups is 1. The number of H-pyrrole nitrogens is 1. The first-order valence-corrected chi connectivity index (χ1v) is 19.0. The predicted octanol–water partition coefficient (Wildman–Crippen LogP) is 7.97. The van der Waals surface area contributed by atoms with Crippen LogP contribution in [0.5, 0.6) is 5.75 Å². The molecule has 52 heavy (non-hydrogen) atoms.